The number of nitrogens with one attached hydrogen (secondary N) is 1. The number of fused-ring (bicyclic) bond motifs is 1. The first-order valence-corrected chi connectivity index (χ1v) is 15.4. The highest BCUT2D eigenvalue weighted by Crippen LogP contribution is 2.38. The summed E-state index contributed by atoms with van der Waals surface area (Å²) >= 11 is 0. The van der Waals surface area contributed by atoms with Crippen LogP contribution < -0.4 is 11.1 Å². The molecule has 5 aromatic rings. The summed E-state index contributed by atoms with van der Waals surface area (Å²) in [7, 11) is -3.10. The molecule has 0 atom stereocenters. The van der Waals surface area contributed by atoms with E-state index in [0.717, 1.165) is 17.8 Å². The Bertz CT molecular complexity index is 1970. The fourth-order valence-corrected chi connectivity index (χ4v) is 6.49. The number of sulfone groups is 1. The second-order valence-electron chi connectivity index (χ2n) is 10.5. The second kappa shape index (κ2) is 11.1. The lowest BCUT2D eigenvalue weighted by atomic mass is 9.95. The predicted octanol–water partition coefficient (Wildman–Crippen LogP) is 3.83. The van der Waals surface area contributed by atoms with Crippen molar-refractivity contribution in [3.8, 4) is 28.1 Å². The SMILES string of the molecule is Cc1c(-c2ccnn2-c2ccc(N)cc2)cn2nc(NC(=O)CN3CCS(=O)(=O)CC3)nc2c1-c1cccc(C(F)(F)F)c1. The Morgan fingerprint density at radius 1 is 1.07 bits per heavy atom. The van der Waals surface area contributed by atoms with E-state index in [2.05, 4.69) is 20.5 Å². The van der Waals surface area contributed by atoms with E-state index in [9.17, 15) is 26.4 Å². The van der Waals surface area contributed by atoms with E-state index in [-0.39, 0.29) is 48.3 Å². The minimum absolute atomic E-state index is 0.0255. The number of hydrogen-bond donors (Lipinski definition) is 2. The third-order valence-electron chi connectivity index (χ3n) is 7.48. The molecule has 3 aromatic heterocycles. The molecule has 0 bridgehead atoms. The fraction of sp³-hybridized carbons (Fsp3) is 0.241. The highest BCUT2D eigenvalue weighted by Gasteiger charge is 2.31. The molecule has 4 heterocycles. The van der Waals surface area contributed by atoms with Gasteiger partial charge in [-0.2, -0.15) is 23.3 Å². The quantitative estimate of drug-likeness (QED) is 0.272. The molecule has 0 spiro atoms. The Kier molecular flexibility index (Phi) is 7.37. The molecular formula is C29H27F3N8O3S. The lowest BCUT2D eigenvalue weighted by Gasteiger charge is -2.25. The molecule has 1 saturated heterocycles. The molecule has 0 radical (unpaired) electrons. The number of hydrogen-bond acceptors (Lipinski definition) is 8. The molecule has 1 amide bonds. The van der Waals surface area contributed by atoms with Crippen LogP contribution in [0.5, 0.6) is 0 Å². The normalized spacial score (nSPS) is 15.5. The first-order chi connectivity index (χ1) is 20.9. The Balaban J connectivity index is 1.44. The van der Waals surface area contributed by atoms with Gasteiger partial charge in [0.05, 0.1) is 41.2 Å². The van der Waals surface area contributed by atoms with Gasteiger partial charge in [0.1, 0.15) is 0 Å². The second-order valence-corrected chi connectivity index (χ2v) is 12.8. The van der Waals surface area contributed by atoms with E-state index >= 15 is 0 Å². The molecule has 1 fully saturated rings. The molecular weight excluding hydrogens is 597 g/mol. The van der Waals surface area contributed by atoms with Crippen LogP contribution in [0.1, 0.15) is 11.1 Å². The molecule has 44 heavy (non-hydrogen) atoms. The van der Waals surface area contributed by atoms with Gasteiger partial charge in [-0.15, -0.1) is 5.10 Å². The van der Waals surface area contributed by atoms with Crippen LogP contribution in [-0.2, 0) is 20.8 Å². The molecule has 2 aromatic carbocycles. The molecule has 228 valence electrons. The number of benzene rings is 2. The maximum absolute atomic E-state index is 13.7. The third kappa shape index (κ3) is 5.88. The van der Waals surface area contributed by atoms with E-state index in [1.165, 1.54) is 10.6 Å². The Hall–Kier alpha value is -4.76. The number of alkyl halides is 3. The van der Waals surface area contributed by atoms with Crippen LogP contribution in [0.3, 0.4) is 0 Å². The summed E-state index contributed by atoms with van der Waals surface area (Å²) in [6, 6.07) is 13.8. The molecule has 1 aliphatic rings. The number of rotatable bonds is 6. The number of pyridine rings is 1. The molecule has 0 aliphatic carbocycles. The summed E-state index contributed by atoms with van der Waals surface area (Å²) in [6.07, 6.45) is -1.27. The predicted molar refractivity (Wildman–Crippen MR) is 159 cm³/mol. The molecule has 1 aliphatic heterocycles. The van der Waals surface area contributed by atoms with Crippen LogP contribution in [0.2, 0.25) is 0 Å². The number of nitrogen functional groups attached to an aromatic ring is 1. The highest BCUT2D eigenvalue weighted by molar-refractivity contribution is 7.91. The Labute approximate surface area is 250 Å². The van der Waals surface area contributed by atoms with Crippen molar-refractivity contribution in [3.05, 3.63) is 78.1 Å². The van der Waals surface area contributed by atoms with Crippen LogP contribution in [0.25, 0.3) is 33.7 Å². The minimum Gasteiger partial charge on any atom is -0.399 e. The summed E-state index contributed by atoms with van der Waals surface area (Å²) in [5.74, 6) is -0.541. The monoisotopic (exact) mass is 624 g/mol. The van der Waals surface area contributed by atoms with Gasteiger partial charge in [-0.1, -0.05) is 12.1 Å². The minimum atomic E-state index is -4.56. The topological polar surface area (TPSA) is 141 Å². The van der Waals surface area contributed by atoms with E-state index in [1.54, 1.807) is 65.3 Å². The zero-order chi connectivity index (χ0) is 31.2. The maximum atomic E-state index is 13.7. The standard InChI is InChI=1S/C29H27F3N8O3S/c1-18-23(24-9-10-34-40(24)22-7-5-21(33)6-8-22)16-39-27(26(18)19-3-2-4-20(15-19)29(30,31)32)36-28(37-39)35-25(41)17-38-11-13-44(42,43)14-12-38/h2-10,15-16H,11-14,17,33H2,1H3,(H,35,37,41). The summed E-state index contributed by atoms with van der Waals surface area (Å²) < 4.78 is 67.7. The third-order valence-corrected chi connectivity index (χ3v) is 9.08. The molecule has 6 rings (SSSR count). The van der Waals surface area contributed by atoms with Crippen LogP contribution in [0.15, 0.2) is 67.0 Å². The van der Waals surface area contributed by atoms with Crippen LogP contribution >= 0.6 is 0 Å². The van der Waals surface area contributed by atoms with E-state index in [0.29, 0.717) is 28.1 Å². The average molecular weight is 625 g/mol. The van der Waals surface area contributed by atoms with Crippen LogP contribution in [-0.4, -0.2) is 74.7 Å². The number of amides is 1. The first-order valence-electron chi connectivity index (χ1n) is 13.6. The van der Waals surface area contributed by atoms with Crippen molar-refractivity contribution in [2.75, 3.05) is 42.2 Å². The first kappa shape index (κ1) is 29.3. The van der Waals surface area contributed by atoms with Crippen molar-refractivity contribution in [2.45, 2.75) is 13.1 Å². The summed E-state index contributed by atoms with van der Waals surface area (Å²) in [6.45, 7) is 2.19. The van der Waals surface area contributed by atoms with Crippen molar-refractivity contribution in [2.24, 2.45) is 0 Å². The lowest BCUT2D eigenvalue weighted by Crippen LogP contribution is -2.44. The fourth-order valence-electron chi connectivity index (χ4n) is 5.22. The maximum Gasteiger partial charge on any atom is 0.416 e. The largest absolute Gasteiger partial charge is 0.416 e. The average Bonchev–Trinajstić information content (AvgIpc) is 3.61. The number of halogens is 3. The zero-order valence-corrected chi connectivity index (χ0v) is 24.2. The number of aromatic nitrogens is 5. The van der Waals surface area contributed by atoms with Gasteiger partial charge in [0, 0.05) is 36.1 Å². The number of carbonyl (C=O) groups is 1. The molecule has 0 unspecified atom stereocenters. The summed E-state index contributed by atoms with van der Waals surface area (Å²) in [4.78, 5) is 19.1. The van der Waals surface area contributed by atoms with Gasteiger partial charge in [0.2, 0.25) is 11.9 Å². The van der Waals surface area contributed by atoms with Gasteiger partial charge in [0.15, 0.2) is 15.5 Å². The Morgan fingerprint density at radius 2 is 1.80 bits per heavy atom. The van der Waals surface area contributed by atoms with Crippen molar-refractivity contribution < 1.29 is 26.4 Å². The lowest BCUT2D eigenvalue weighted by molar-refractivity contribution is -0.137. The molecule has 15 heteroatoms. The van der Waals surface area contributed by atoms with Crippen molar-refractivity contribution in [3.63, 3.8) is 0 Å². The Morgan fingerprint density at radius 3 is 2.50 bits per heavy atom. The summed E-state index contributed by atoms with van der Waals surface area (Å²) in [5.41, 5.74) is 9.12. The zero-order valence-electron chi connectivity index (χ0n) is 23.4. The van der Waals surface area contributed by atoms with Gasteiger partial charge in [0.25, 0.3) is 0 Å². The highest BCUT2D eigenvalue weighted by atomic mass is 32.2. The molecule has 3 N–H and O–H groups in total. The van der Waals surface area contributed by atoms with E-state index in [4.69, 9.17) is 5.73 Å². The van der Waals surface area contributed by atoms with Crippen molar-refractivity contribution in [1.29, 1.82) is 0 Å². The van der Waals surface area contributed by atoms with Crippen LogP contribution in [0, 0.1) is 6.92 Å². The van der Waals surface area contributed by atoms with Crippen molar-refractivity contribution in [1.82, 2.24) is 29.3 Å². The number of nitrogens with zero attached hydrogens (tertiary/aromatic N) is 6. The van der Waals surface area contributed by atoms with Gasteiger partial charge < -0.3 is 5.73 Å². The number of anilines is 2. The number of carbonyl (C=O) groups excluding carboxylic acids is 1. The van der Waals surface area contributed by atoms with Gasteiger partial charge in [-0.25, -0.2) is 17.6 Å². The number of nitrogens with two attached hydrogens (primary N) is 1. The van der Waals surface area contributed by atoms with Crippen molar-refractivity contribution >= 4 is 33.0 Å². The van der Waals surface area contributed by atoms with Gasteiger partial charge in [-0.3, -0.25) is 15.0 Å². The smallest absolute Gasteiger partial charge is 0.399 e. The van der Waals surface area contributed by atoms with Crippen LogP contribution in [0.4, 0.5) is 24.8 Å². The van der Waals surface area contributed by atoms with E-state index < -0.39 is 27.5 Å². The summed E-state index contributed by atoms with van der Waals surface area (Å²) in [5, 5.41) is 11.5. The van der Waals surface area contributed by atoms with Gasteiger partial charge >= 0.3 is 6.18 Å². The van der Waals surface area contributed by atoms with Gasteiger partial charge in [-0.05, 0) is 60.5 Å². The van der Waals surface area contributed by atoms with E-state index in [1.807, 2.05) is 0 Å². The molecule has 11 nitrogen and oxygen atoms in total. The molecule has 0 saturated carbocycles.